The highest BCUT2D eigenvalue weighted by molar-refractivity contribution is 5.90. The molecule has 1 fully saturated rings. The summed E-state index contributed by atoms with van der Waals surface area (Å²) >= 11 is 0. The summed E-state index contributed by atoms with van der Waals surface area (Å²) in [4.78, 5) is 40.2. The number of rotatable bonds is 3. The van der Waals surface area contributed by atoms with E-state index in [9.17, 15) is 9.59 Å². The fourth-order valence-corrected chi connectivity index (χ4v) is 2.84. The number of imidazole rings is 1. The quantitative estimate of drug-likeness (QED) is 0.626. The van der Waals surface area contributed by atoms with Crippen LogP contribution in [0.1, 0.15) is 16.3 Å². The lowest BCUT2D eigenvalue weighted by atomic mass is 10.3. The summed E-state index contributed by atoms with van der Waals surface area (Å²) in [6, 6.07) is 0. The molecular formula is C15H23N5O5. The smallest absolute Gasteiger partial charge is 0.290 e. The van der Waals surface area contributed by atoms with E-state index in [1.165, 1.54) is 0 Å². The van der Waals surface area contributed by atoms with Gasteiger partial charge in [0.25, 0.3) is 12.4 Å². The molecule has 2 aliphatic heterocycles. The first-order valence-corrected chi connectivity index (χ1v) is 8.06. The molecule has 1 aromatic rings. The van der Waals surface area contributed by atoms with Gasteiger partial charge in [0.15, 0.2) is 0 Å². The molecule has 2 amide bonds. The van der Waals surface area contributed by atoms with Gasteiger partial charge in [0.1, 0.15) is 11.5 Å². The molecule has 2 aliphatic rings. The van der Waals surface area contributed by atoms with Crippen LogP contribution in [0.5, 0.6) is 0 Å². The van der Waals surface area contributed by atoms with Crippen molar-refractivity contribution in [1.82, 2.24) is 19.4 Å². The SMILES string of the molecule is NC(=O)c1cn2c(n1)CCN(C(=O)CN1CCOCC1)CC2.O=CO. The highest BCUT2D eigenvalue weighted by Crippen LogP contribution is 2.10. The Balaban J connectivity index is 0.000000701. The van der Waals surface area contributed by atoms with Gasteiger partial charge in [0.2, 0.25) is 5.91 Å². The zero-order valence-electron chi connectivity index (χ0n) is 14.0. The Bertz CT molecular complexity index is 586. The molecule has 3 rings (SSSR count). The summed E-state index contributed by atoms with van der Waals surface area (Å²) in [6.45, 7) is 5.09. The third-order valence-electron chi connectivity index (χ3n) is 4.14. The Morgan fingerprint density at radius 1 is 1.24 bits per heavy atom. The minimum atomic E-state index is -0.513. The summed E-state index contributed by atoms with van der Waals surface area (Å²) in [6.07, 6.45) is 2.32. The molecule has 0 aliphatic carbocycles. The van der Waals surface area contributed by atoms with Crippen molar-refractivity contribution in [2.24, 2.45) is 5.73 Å². The van der Waals surface area contributed by atoms with Gasteiger partial charge in [-0.25, -0.2) is 4.98 Å². The topological polar surface area (TPSA) is 131 Å². The van der Waals surface area contributed by atoms with E-state index in [0.717, 1.165) is 18.9 Å². The maximum atomic E-state index is 12.4. The van der Waals surface area contributed by atoms with Gasteiger partial charge in [-0.1, -0.05) is 0 Å². The number of carbonyl (C=O) groups excluding carboxylic acids is 2. The number of carbonyl (C=O) groups is 3. The second-order valence-corrected chi connectivity index (χ2v) is 5.72. The molecule has 3 N–H and O–H groups in total. The second-order valence-electron chi connectivity index (χ2n) is 5.72. The van der Waals surface area contributed by atoms with E-state index in [4.69, 9.17) is 20.4 Å². The van der Waals surface area contributed by atoms with E-state index in [2.05, 4.69) is 9.88 Å². The fraction of sp³-hybridized carbons (Fsp3) is 0.600. The van der Waals surface area contributed by atoms with E-state index < -0.39 is 5.91 Å². The van der Waals surface area contributed by atoms with Gasteiger partial charge >= 0.3 is 0 Å². The summed E-state index contributed by atoms with van der Waals surface area (Å²) in [5.41, 5.74) is 5.54. The van der Waals surface area contributed by atoms with Crippen molar-refractivity contribution >= 4 is 18.3 Å². The van der Waals surface area contributed by atoms with Gasteiger partial charge in [0, 0.05) is 45.3 Å². The van der Waals surface area contributed by atoms with Crippen LogP contribution in [0.3, 0.4) is 0 Å². The van der Waals surface area contributed by atoms with E-state index in [1.807, 2.05) is 9.47 Å². The number of nitrogens with zero attached hydrogens (tertiary/aromatic N) is 4. The zero-order valence-corrected chi connectivity index (χ0v) is 14.0. The number of morpholine rings is 1. The second kappa shape index (κ2) is 9.14. The molecule has 0 atom stereocenters. The number of fused-ring (bicyclic) bond motifs is 1. The molecule has 0 spiro atoms. The molecule has 0 radical (unpaired) electrons. The summed E-state index contributed by atoms with van der Waals surface area (Å²) in [7, 11) is 0. The Hall–Kier alpha value is -2.46. The van der Waals surface area contributed by atoms with Crippen molar-refractivity contribution in [1.29, 1.82) is 0 Å². The standard InChI is InChI=1S/C14H21N5O3.CH2O2/c15-14(21)11-9-19-4-3-18(2-1-12(19)16-11)13(20)10-17-5-7-22-8-6-17;2-1-3/h9H,1-8,10H2,(H2,15,21);1H,(H,2,3). The summed E-state index contributed by atoms with van der Waals surface area (Å²) < 4.78 is 7.21. The number of primary amides is 1. The third kappa shape index (κ3) is 5.26. The lowest BCUT2D eigenvalue weighted by Gasteiger charge is -2.29. The lowest BCUT2D eigenvalue weighted by Crippen LogP contribution is -2.45. The van der Waals surface area contributed by atoms with Crippen LogP contribution in [0.4, 0.5) is 0 Å². The van der Waals surface area contributed by atoms with Gasteiger partial charge in [0.05, 0.1) is 19.8 Å². The van der Waals surface area contributed by atoms with Crippen LogP contribution < -0.4 is 5.73 Å². The van der Waals surface area contributed by atoms with Crippen LogP contribution in [-0.2, 0) is 27.3 Å². The molecular weight excluding hydrogens is 330 g/mol. The number of ether oxygens (including phenoxy) is 1. The number of hydrogen-bond acceptors (Lipinski definition) is 6. The van der Waals surface area contributed by atoms with Crippen molar-refractivity contribution < 1.29 is 24.2 Å². The van der Waals surface area contributed by atoms with E-state index in [1.54, 1.807) is 6.20 Å². The minimum Gasteiger partial charge on any atom is -0.483 e. The molecule has 0 bridgehead atoms. The fourth-order valence-electron chi connectivity index (χ4n) is 2.84. The maximum Gasteiger partial charge on any atom is 0.290 e. The Labute approximate surface area is 145 Å². The normalized spacial score (nSPS) is 17.7. The molecule has 138 valence electrons. The zero-order chi connectivity index (χ0) is 18.2. The van der Waals surface area contributed by atoms with Crippen molar-refractivity contribution in [2.75, 3.05) is 45.9 Å². The van der Waals surface area contributed by atoms with Gasteiger partial charge in [-0.2, -0.15) is 0 Å². The average Bonchev–Trinajstić information content (AvgIpc) is 2.90. The number of aromatic nitrogens is 2. The third-order valence-corrected chi connectivity index (χ3v) is 4.14. The van der Waals surface area contributed by atoms with Gasteiger partial charge < -0.3 is 25.0 Å². The summed E-state index contributed by atoms with van der Waals surface area (Å²) in [5.74, 6) is 0.444. The predicted molar refractivity (Wildman–Crippen MR) is 87.0 cm³/mol. The number of amides is 2. The molecule has 1 saturated heterocycles. The van der Waals surface area contributed by atoms with Crippen LogP contribution in [0, 0.1) is 0 Å². The highest BCUT2D eigenvalue weighted by atomic mass is 16.5. The Morgan fingerprint density at radius 3 is 2.56 bits per heavy atom. The average molecular weight is 353 g/mol. The van der Waals surface area contributed by atoms with E-state index in [-0.39, 0.29) is 12.4 Å². The monoisotopic (exact) mass is 353 g/mol. The molecule has 10 nitrogen and oxygen atoms in total. The molecule has 0 unspecified atom stereocenters. The molecule has 1 aromatic heterocycles. The largest absolute Gasteiger partial charge is 0.483 e. The predicted octanol–water partition coefficient (Wildman–Crippen LogP) is -1.60. The number of hydrogen-bond donors (Lipinski definition) is 2. The van der Waals surface area contributed by atoms with Crippen molar-refractivity contribution in [3.05, 3.63) is 17.7 Å². The van der Waals surface area contributed by atoms with Gasteiger partial charge in [-0.05, 0) is 0 Å². The first-order valence-electron chi connectivity index (χ1n) is 8.06. The molecule has 25 heavy (non-hydrogen) atoms. The lowest BCUT2D eigenvalue weighted by molar-refractivity contribution is -0.133. The highest BCUT2D eigenvalue weighted by Gasteiger charge is 2.23. The number of carboxylic acid groups (broad SMARTS) is 1. The Kier molecular flexibility index (Phi) is 6.90. The van der Waals surface area contributed by atoms with Gasteiger partial charge in [-0.15, -0.1) is 0 Å². The maximum absolute atomic E-state index is 12.4. The summed E-state index contributed by atoms with van der Waals surface area (Å²) in [5, 5.41) is 6.89. The van der Waals surface area contributed by atoms with Crippen molar-refractivity contribution in [3.8, 4) is 0 Å². The van der Waals surface area contributed by atoms with E-state index in [0.29, 0.717) is 51.5 Å². The first-order chi connectivity index (χ1) is 12.0. The first kappa shape index (κ1) is 18.9. The molecule has 0 saturated carbocycles. The van der Waals surface area contributed by atoms with Crippen molar-refractivity contribution in [2.45, 2.75) is 13.0 Å². The molecule has 0 aromatic carbocycles. The Morgan fingerprint density at radius 2 is 1.92 bits per heavy atom. The molecule has 10 heteroatoms. The molecule has 3 heterocycles. The van der Waals surface area contributed by atoms with Crippen LogP contribution in [0.15, 0.2) is 6.20 Å². The number of nitrogens with two attached hydrogens (primary N) is 1. The minimum absolute atomic E-state index is 0.141. The van der Waals surface area contributed by atoms with Crippen LogP contribution in [0.25, 0.3) is 0 Å². The van der Waals surface area contributed by atoms with Crippen LogP contribution in [-0.4, -0.2) is 88.7 Å². The van der Waals surface area contributed by atoms with E-state index >= 15 is 0 Å². The van der Waals surface area contributed by atoms with Crippen LogP contribution >= 0.6 is 0 Å². The van der Waals surface area contributed by atoms with Crippen LogP contribution in [0.2, 0.25) is 0 Å². The van der Waals surface area contributed by atoms with Gasteiger partial charge in [-0.3, -0.25) is 19.3 Å². The van der Waals surface area contributed by atoms with Crippen molar-refractivity contribution in [3.63, 3.8) is 0 Å².